The van der Waals surface area contributed by atoms with Gasteiger partial charge >= 0.3 is 17.9 Å². The number of ether oxygens (including phenoxy) is 4. The summed E-state index contributed by atoms with van der Waals surface area (Å²) in [7, 11) is 2.83. The Kier molecular flexibility index (Phi) is 12.3. The van der Waals surface area contributed by atoms with Gasteiger partial charge in [0.15, 0.2) is 5.54 Å². The summed E-state index contributed by atoms with van der Waals surface area (Å²) in [6.07, 6.45) is -0.248. The number of benzene rings is 1. The molecule has 0 saturated carbocycles. The Hall–Kier alpha value is -2.69. The molecule has 0 saturated heterocycles. The van der Waals surface area contributed by atoms with Crippen molar-refractivity contribution in [2.45, 2.75) is 64.7 Å². The molecule has 1 aromatic carbocycles. The van der Waals surface area contributed by atoms with Gasteiger partial charge in [0, 0.05) is 26.2 Å². The molecule has 3 N–H and O–H groups in total. The fourth-order valence-electron chi connectivity index (χ4n) is 3.29. The summed E-state index contributed by atoms with van der Waals surface area (Å²) in [6.45, 7) is 12.9. The highest BCUT2D eigenvalue weighted by Gasteiger charge is 2.45. The first-order valence-corrected chi connectivity index (χ1v) is 12.1. The normalized spacial score (nSPS) is 13.4. The number of hydrogen-bond acceptors (Lipinski definition) is 10. The molecule has 1 unspecified atom stereocenters. The third kappa shape index (κ3) is 11.4. The number of nitrogens with one attached hydrogen (secondary N) is 3. The molecule has 0 bridgehead atoms. The summed E-state index contributed by atoms with van der Waals surface area (Å²) >= 11 is 0. The van der Waals surface area contributed by atoms with E-state index in [0.717, 1.165) is 0 Å². The lowest BCUT2D eigenvalue weighted by atomic mass is 9.86. The smallest absolute Gasteiger partial charge is 0.332 e. The van der Waals surface area contributed by atoms with Crippen molar-refractivity contribution in [1.29, 1.82) is 0 Å². The van der Waals surface area contributed by atoms with Crippen LogP contribution in [0.15, 0.2) is 24.3 Å². The van der Waals surface area contributed by atoms with Crippen LogP contribution in [0.25, 0.3) is 0 Å². The van der Waals surface area contributed by atoms with Crippen LogP contribution in [0.4, 0.5) is 0 Å². The van der Waals surface area contributed by atoms with Crippen LogP contribution in [0.5, 0.6) is 5.75 Å². The van der Waals surface area contributed by atoms with Gasteiger partial charge in [0.05, 0.1) is 27.2 Å². The lowest BCUT2D eigenvalue weighted by Gasteiger charge is -2.35. The van der Waals surface area contributed by atoms with E-state index >= 15 is 0 Å². The quantitative estimate of drug-likeness (QED) is 0.195. The Morgan fingerprint density at radius 3 is 1.83 bits per heavy atom. The Morgan fingerprint density at radius 2 is 1.31 bits per heavy atom. The second-order valence-corrected chi connectivity index (χ2v) is 10.3. The zero-order chi connectivity index (χ0) is 27.4. The molecule has 0 fully saturated rings. The van der Waals surface area contributed by atoms with E-state index in [0.29, 0.717) is 37.5 Å². The third-order valence-corrected chi connectivity index (χ3v) is 4.86. The molecule has 0 aliphatic heterocycles. The SMILES string of the molecule is COC(=O)CC(NCCNCCNCC(=O)OC(C)(C)C)(C(=O)OC(C)(C)C)c1ccc(OC)cc1. The van der Waals surface area contributed by atoms with Crippen LogP contribution in [0.1, 0.15) is 53.5 Å². The molecule has 1 rings (SSSR count). The monoisotopic (exact) mass is 509 g/mol. The van der Waals surface area contributed by atoms with E-state index in [2.05, 4.69) is 16.0 Å². The number of esters is 3. The predicted molar refractivity (Wildman–Crippen MR) is 137 cm³/mol. The highest BCUT2D eigenvalue weighted by molar-refractivity contribution is 5.88. The fourth-order valence-corrected chi connectivity index (χ4v) is 3.29. The number of hydrogen-bond donors (Lipinski definition) is 3. The number of carbonyl (C=O) groups is 3. The number of methoxy groups -OCH3 is 2. The molecule has 204 valence electrons. The molecule has 1 aromatic rings. The van der Waals surface area contributed by atoms with Crippen molar-refractivity contribution in [2.75, 3.05) is 46.9 Å². The van der Waals surface area contributed by atoms with Gasteiger partial charge in [-0.15, -0.1) is 0 Å². The van der Waals surface area contributed by atoms with Crippen molar-refractivity contribution < 1.29 is 33.3 Å². The second-order valence-electron chi connectivity index (χ2n) is 10.3. The largest absolute Gasteiger partial charge is 0.497 e. The Morgan fingerprint density at radius 1 is 0.750 bits per heavy atom. The van der Waals surface area contributed by atoms with Crippen molar-refractivity contribution in [3.8, 4) is 5.75 Å². The van der Waals surface area contributed by atoms with Gasteiger partial charge in [0.25, 0.3) is 0 Å². The maximum Gasteiger partial charge on any atom is 0.332 e. The number of carbonyl (C=O) groups excluding carboxylic acids is 3. The summed E-state index contributed by atoms with van der Waals surface area (Å²) in [5.74, 6) is -0.822. The standard InChI is InChI=1S/C26H43N3O7/c1-24(2,3)35-22(31)18-28-14-13-27-15-16-29-26(17-21(30)34-8,23(32)36-25(4,5)6)19-9-11-20(33-7)12-10-19/h9-12,27-29H,13-18H2,1-8H3. The minimum absolute atomic E-state index is 0.121. The lowest BCUT2D eigenvalue weighted by molar-refractivity contribution is -0.167. The van der Waals surface area contributed by atoms with Gasteiger partial charge in [-0.25, -0.2) is 4.79 Å². The van der Waals surface area contributed by atoms with Crippen LogP contribution in [0.2, 0.25) is 0 Å². The maximum absolute atomic E-state index is 13.5. The van der Waals surface area contributed by atoms with E-state index in [1.165, 1.54) is 7.11 Å². The highest BCUT2D eigenvalue weighted by atomic mass is 16.6. The Labute approximate surface area is 214 Å². The van der Waals surface area contributed by atoms with Crippen LogP contribution in [-0.4, -0.2) is 76.1 Å². The van der Waals surface area contributed by atoms with E-state index in [4.69, 9.17) is 18.9 Å². The maximum atomic E-state index is 13.5. The summed E-state index contributed by atoms with van der Waals surface area (Å²) in [5, 5.41) is 9.50. The first-order valence-electron chi connectivity index (χ1n) is 12.1. The third-order valence-electron chi connectivity index (χ3n) is 4.86. The number of rotatable bonds is 14. The molecule has 1 atom stereocenters. The Balaban J connectivity index is 2.84. The zero-order valence-electron chi connectivity index (χ0n) is 22.9. The first-order chi connectivity index (χ1) is 16.7. The van der Waals surface area contributed by atoms with Crippen molar-refractivity contribution in [2.24, 2.45) is 0 Å². The molecule has 0 spiro atoms. The summed E-state index contributed by atoms with van der Waals surface area (Å²) in [4.78, 5) is 37.6. The Bertz CT molecular complexity index is 845. The van der Waals surface area contributed by atoms with Gasteiger partial charge in [-0.05, 0) is 59.2 Å². The van der Waals surface area contributed by atoms with Gasteiger partial charge in [0.2, 0.25) is 0 Å². The second kappa shape index (κ2) is 14.2. The van der Waals surface area contributed by atoms with Gasteiger partial charge in [-0.3, -0.25) is 14.9 Å². The molecule has 0 aliphatic carbocycles. The molecule has 0 aromatic heterocycles. The van der Waals surface area contributed by atoms with Crippen molar-refractivity contribution in [3.63, 3.8) is 0 Å². The predicted octanol–water partition coefficient (Wildman–Crippen LogP) is 1.91. The summed E-state index contributed by atoms with van der Waals surface area (Å²) < 4.78 is 21.1. The van der Waals surface area contributed by atoms with Crippen molar-refractivity contribution in [1.82, 2.24) is 16.0 Å². The highest BCUT2D eigenvalue weighted by Crippen LogP contribution is 2.31. The lowest BCUT2D eigenvalue weighted by Crippen LogP contribution is -2.54. The topological polar surface area (TPSA) is 124 Å². The van der Waals surface area contributed by atoms with Crippen molar-refractivity contribution in [3.05, 3.63) is 29.8 Å². The van der Waals surface area contributed by atoms with E-state index in [9.17, 15) is 14.4 Å². The molecule has 0 amide bonds. The molecule has 0 aliphatic rings. The van der Waals surface area contributed by atoms with Crippen LogP contribution in [0, 0.1) is 0 Å². The minimum Gasteiger partial charge on any atom is -0.497 e. The fraction of sp³-hybridized carbons (Fsp3) is 0.654. The van der Waals surface area contributed by atoms with Crippen LogP contribution >= 0.6 is 0 Å². The van der Waals surface area contributed by atoms with Crippen molar-refractivity contribution >= 4 is 17.9 Å². The van der Waals surface area contributed by atoms with Crippen LogP contribution in [-0.2, 0) is 34.1 Å². The van der Waals surface area contributed by atoms with Gasteiger partial charge in [0.1, 0.15) is 17.0 Å². The summed E-state index contributed by atoms with van der Waals surface area (Å²) in [5.41, 5.74) is -2.17. The van der Waals surface area contributed by atoms with E-state index in [-0.39, 0.29) is 18.9 Å². The zero-order valence-corrected chi connectivity index (χ0v) is 22.9. The molecule has 0 heterocycles. The van der Waals surface area contributed by atoms with Gasteiger partial charge in [-0.1, -0.05) is 12.1 Å². The molecule has 10 heteroatoms. The summed E-state index contributed by atoms with van der Waals surface area (Å²) in [6, 6.07) is 6.91. The van der Waals surface area contributed by atoms with Crippen LogP contribution in [0.3, 0.4) is 0 Å². The molecule has 36 heavy (non-hydrogen) atoms. The van der Waals surface area contributed by atoms with E-state index in [1.54, 1.807) is 52.1 Å². The van der Waals surface area contributed by atoms with E-state index in [1.807, 2.05) is 20.8 Å². The molecular weight excluding hydrogens is 466 g/mol. The molecule has 10 nitrogen and oxygen atoms in total. The molecule has 0 radical (unpaired) electrons. The average molecular weight is 510 g/mol. The van der Waals surface area contributed by atoms with Crippen LogP contribution < -0.4 is 20.7 Å². The van der Waals surface area contributed by atoms with E-state index < -0.39 is 28.7 Å². The molecular formula is C26H43N3O7. The minimum atomic E-state index is -1.46. The average Bonchev–Trinajstić information content (AvgIpc) is 2.77. The van der Waals surface area contributed by atoms with Gasteiger partial charge in [-0.2, -0.15) is 0 Å². The van der Waals surface area contributed by atoms with Gasteiger partial charge < -0.3 is 29.6 Å². The first kappa shape index (κ1) is 31.3.